The van der Waals surface area contributed by atoms with Crippen molar-refractivity contribution in [3.05, 3.63) is 86.2 Å². The predicted molar refractivity (Wildman–Crippen MR) is 117 cm³/mol. The highest BCUT2D eigenvalue weighted by atomic mass is 79.9. The topological polar surface area (TPSA) is 73.2 Å². The quantitative estimate of drug-likeness (QED) is 0.606. The number of amides is 1. The van der Waals surface area contributed by atoms with E-state index in [1.54, 1.807) is 26.2 Å². The van der Waals surface area contributed by atoms with Crippen LogP contribution in [0.15, 0.2) is 63.9 Å². The number of hydrogen-bond donors (Lipinski definition) is 1. The lowest BCUT2D eigenvalue weighted by atomic mass is 10.1. The second-order valence-corrected chi connectivity index (χ2v) is 7.59. The van der Waals surface area contributed by atoms with Crippen LogP contribution in [0.4, 0.5) is 5.69 Å². The van der Waals surface area contributed by atoms with E-state index in [1.165, 1.54) is 4.68 Å². The van der Waals surface area contributed by atoms with Gasteiger partial charge in [-0.3, -0.25) is 9.59 Å². The molecule has 1 N–H and O–H groups in total. The molecule has 0 saturated heterocycles. The number of ether oxygens (including phenoxy) is 1. The van der Waals surface area contributed by atoms with Gasteiger partial charge in [0, 0.05) is 16.5 Å². The molecule has 150 valence electrons. The molecule has 6 nitrogen and oxygen atoms in total. The molecule has 0 aliphatic heterocycles. The minimum absolute atomic E-state index is 0.284. The normalized spacial score (nSPS) is 11.7. The van der Waals surface area contributed by atoms with Crippen LogP contribution in [0.3, 0.4) is 0 Å². The third-order valence-electron chi connectivity index (χ3n) is 4.54. The average Bonchev–Trinajstić information content (AvgIpc) is 2.71. The molecule has 1 atom stereocenters. The van der Waals surface area contributed by atoms with Crippen LogP contribution in [0.25, 0.3) is 0 Å². The highest BCUT2D eigenvalue weighted by Crippen LogP contribution is 2.22. The summed E-state index contributed by atoms with van der Waals surface area (Å²) in [6.45, 7) is 3.47. The number of anilines is 1. The number of benzene rings is 2. The van der Waals surface area contributed by atoms with Crippen molar-refractivity contribution in [3.8, 4) is 5.75 Å². The molecule has 0 aliphatic rings. The number of carbonyl (C=O) groups excluding carboxylic acids is 1. The summed E-state index contributed by atoms with van der Waals surface area (Å²) in [5.41, 5.74) is 2.55. The number of carbonyl (C=O) groups is 1. The number of halogens is 1. The number of aryl methyl sites for hydroxylation is 1. The number of hydrogen-bond acceptors (Lipinski definition) is 4. The smallest absolute Gasteiger partial charge is 0.271 e. The van der Waals surface area contributed by atoms with Gasteiger partial charge in [-0.2, -0.15) is 5.10 Å². The van der Waals surface area contributed by atoms with Gasteiger partial charge in [-0.25, -0.2) is 4.68 Å². The Balaban J connectivity index is 1.88. The summed E-state index contributed by atoms with van der Waals surface area (Å²) < 4.78 is 7.27. The van der Waals surface area contributed by atoms with E-state index < -0.39 is 6.04 Å². The van der Waals surface area contributed by atoms with E-state index in [0.717, 1.165) is 15.8 Å². The summed E-state index contributed by atoms with van der Waals surface area (Å²) in [4.78, 5) is 25.8. The molecule has 0 bridgehead atoms. The van der Waals surface area contributed by atoms with Crippen molar-refractivity contribution in [2.75, 3.05) is 12.4 Å². The Bertz CT molecular complexity index is 1090. The summed E-state index contributed by atoms with van der Waals surface area (Å²) >= 11 is 3.41. The molecule has 2 aromatic carbocycles. The highest BCUT2D eigenvalue weighted by Gasteiger charge is 2.20. The lowest BCUT2D eigenvalue weighted by Gasteiger charge is -2.16. The van der Waals surface area contributed by atoms with Gasteiger partial charge in [0.2, 0.25) is 5.91 Å². The molecule has 1 aromatic heterocycles. The summed E-state index contributed by atoms with van der Waals surface area (Å²) in [5, 5.41) is 7.14. The maximum Gasteiger partial charge on any atom is 0.271 e. The van der Waals surface area contributed by atoms with Gasteiger partial charge in [0.05, 0.1) is 18.5 Å². The second-order valence-electron chi connectivity index (χ2n) is 6.73. The fourth-order valence-electron chi connectivity index (χ4n) is 3.01. The Hall–Kier alpha value is -2.93. The fraction of sp³-hybridized carbons (Fsp3) is 0.227. The van der Waals surface area contributed by atoms with E-state index in [-0.39, 0.29) is 11.5 Å². The first-order chi connectivity index (χ1) is 13.9. The molecule has 7 heteroatoms. The van der Waals surface area contributed by atoms with Crippen LogP contribution >= 0.6 is 15.9 Å². The molecule has 1 heterocycles. The number of nitrogens with zero attached hydrogens (tertiary/aromatic N) is 2. The predicted octanol–water partition coefficient (Wildman–Crippen LogP) is 4.11. The van der Waals surface area contributed by atoms with E-state index in [2.05, 4.69) is 26.3 Å². The summed E-state index contributed by atoms with van der Waals surface area (Å²) in [7, 11) is 1.61. The van der Waals surface area contributed by atoms with Gasteiger partial charge in [-0.05, 0) is 65.7 Å². The summed E-state index contributed by atoms with van der Waals surface area (Å²) in [5.74, 6) is 0.416. The van der Waals surface area contributed by atoms with Crippen LogP contribution in [-0.2, 0) is 11.2 Å². The molecule has 29 heavy (non-hydrogen) atoms. The number of rotatable bonds is 6. The van der Waals surface area contributed by atoms with Gasteiger partial charge in [0.15, 0.2) is 0 Å². The maximum absolute atomic E-state index is 13.0. The molecule has 0 radical (unpaired) electrons. The molecule has 0 fully saturated rings. The maximum atomic E-state index is 13.0. The minimum Gasteiger partial charge on any atom is -0.497 e. The summed E-state index contributed by atoms with van der Waals surface area (Å²) in [6.07, 6.45) is 0.429. The van der Waals surface area contributed by atoms with Gasteiger partial charge in [0.25, 0.3) is 5.56 Å². The van der Waals surface area contributed by atoms with Gasteiger partial charge >= 0.3 is 0 Å². The Morgan fingerprint density at radius 1 is 1.21 bits per heavy atom. The Labute approximate surface area is 177 Å². The van der Waals surface area contributed by atoms with Crippen molar-refractivity contribution < 1.29 is 9.53 Å². The van der Waals surface area contributed by atoms with Crippen LogP contribution in [0.5, 0.6) is 5.75 Å². The third kappa shape index (κ3) is 4.92. The average molecular weight is 456 g/mol. The largest absolute Gasteiger partial charge is 0.497 e. The molecule has 1 amide bonds. The van der Waals surface area contributed by atoms with Crippen LogP contribution in [0.2, 0.25) is 0 Å². The second kappa shape index (κ2) is 9.05. The zero-order valence-corrected chi connectivity index (χ0v) is 18.1. The molecular weight excluding hydrogens is 434 g/mol. The number of para-hydroxylation sites is 1. The molecule has 1 unspecified atom stereocenters. The van der Waals surface area contributed by atoms with E-state index in [4.69, 9.17) is 4.74 Å². The van der Waals surface area contributed by atoms with Crippen molar-refractivity contribution in [1.82, 2.24) is 9.78 Å². The third-order valence-corrected chi connectivity index (χ3v) is 5.23. The van der Waals surface area contributed by atoms with Crippen molar-refractivity contribution in [1.29, 1.82) is 0 Å². The van der Waals surface area contributed by atoms with Crippen molar-refractivity contribution in [3.63, 3.8) is 0 Å². The number of methoxy groups -OCH3 is 1. The zero-order chi connectivity index (χ0) is 21.0. The van der Waals surface area contributed by atoms with Crippen molar-refractivity contribution in [2.45, 2.75) is 26.3 Å². The monoisotopic (exact) mass is 455 g/mol. The first-order valence-electron chi connectivity index (χ1n) is 9.16. The van der Waals surface area contributed by atoms with Crippen LogP contribution < -0.4 is 15.6 Å². The fourth-order valence-corrected chi connectivity index (χ4v) is 3.39. The summed E-state index contributed by atoms with van der Waals surface area (Å²) in [6, 6.07) is 15.9. The van der Waals surface area contributed by atoms with E-state index in [0.29, 0.717) is 23.4 Å². The lowest BCUT2D eigenvalue weighted by molar-refractivity contribution is -0.119. The number of aromatic nitrogens is 2. The Morgan fingerprint density at radius 2 is 1.97 bits per heavy atom. The van der Waals surface area contributed by atoms with Gasteiger partial charge in [-0.15, -0.1) is 0 Å². The highest BCUT2D eigenvalue weighted by molar-refractivity contribution is 9.10. The van der Waals surface area contributed by atoms with Gasteiger partial charge in [0.1, 0.15) is 11.8 Å². The minimum atomic E-state index is -0.765. The molecule has 0 spiro atoms. The Morgan fingerprint density at radius 3 is 2.69 bits per heavy atom. The standard InChI is InChI=1S/C22H22BrN3O3/c1-14-11-17(12-16-7-6-8-18(13-16)29-3)22(28)26(25-14)15(2)21(27)24-20-10-5-4-9-19(20)23/h4-11,13,15H,12H2,1-3H3,(H,24,27). The van der Waals surface area contributed by atoms with Crippen LogP contribution in [0, 0.1) is 6.92 Å². The van der Waals surface area contributed by atoms with Gasteiger partial charge in [-0.1, -0.05) is 24.3 Å². The molecule has 0 saturated carbocycles. The van der Waals surface area contributed by atoms with E-state index in [1.807, 2.05) is 49.4 Å². The van der Waals surface area contributed by atoms with Crippen LogP contribution in [0.1, 0.15) is 29.8 Å². The Kier molecular flexibility index (Phi) is 6.49. The van der Waals surface area contributed by atoms with E-state index in [9.17, 15) is 9.59 Å². The number of nitrogens with one attached hydrogen (secondary N) is 1. The lowest BCUT2D eigenvalue weighted by Crippen LogP contribution is -2.35. The molecular formula is C22H22BrN3O3. The van der Waals surface area contributed by atoms with Gasteiger partial charge < -0.3 is 10.1 Å². The first kappa shape index (κ1) is 20.8. The van der Waals surface area contributed by atoms with E-state index >= 15 is 0 Å². The van der Waals surface area contributed by atoms with Crippen molar-refractivity contribution in [2.24, 2.45) is 0 Å². The SMILES string of the molecule is COc1cccc(Cc2cc(C)nn(C(C)C(=O)Nc3ccccc3Br)c2=O)c1. The van der Waals surface area contributed by atoms with Crippen LogP contribution in [-0.4, -0.2) is 22.8 Å². The molecule has 3 rings (SSSR count). The molecule has 3 aromatic rings. The molecule has 0 aliphatic carbocycles. The first-order valence-corrected chi connectivity index (χ1v) is 9.96. The van der Waals surface area contributed by atoms with Crippen molar-refractivity contribution >= 4 is 27.5 Å². The zero-order valence-electron chi connectivity index (χ0n) is 16.5.